The summed E-state index contributed by atoms with van der Waals surface area (Å²) in [6.07, 6.45) is 24.5. The molecule has 6 bridgehead atoms. The van der Waals surface area contributed by atoms with E-state index < -0.39 is 10.1 Å². The van der Waals surface area contributed by atoms with Crippen LogP contribution in [0.2, 0.25) is 0 Å². The fourth-order valence-electron chi connectivity index (χ4n) is 11.4. The van der Waals surface area contributed by atoms with Crippen molar-refractivity contribution in [3.63, 3.8) is 0 Å². The topological polar surface area (TPSA) is 80.7 Å². The predicted octanol–water partition coefficient (Wildman–Crippen LogP) is 9.44. The molecular formula is C39H56O5S. The Morgan fingerprint density at radius 1 is 0.889 bits per heavy atom. The molecule has 6 fully saturated rings. The zero-order chi connectivity index (χ0) is 31.6. The average molecular weight is 637 g/mol. The summed E-state index contributed by atoms with van der Waals surface area (Å²) in [4.78, 5) is 14.1. The molecule has 1 N–H and O–H groups in total. The molecule has 7 rings (SSSR count). The van der Waals surface area contributed by atoms with Gasteiger partial charge in [-0.2, -0.15) is 8.42 Å². The summed E-state index contributed by atoms with van der Waals surface area (Å²) in [5, 5.41) is 0. The lowest BCUT2D eigenvalue weighted by atomic mass is 9.75. The van der Waals surface area contributed by atoms with Crippen molar-refractivity contribution in [2.45, 2.75) is 118 Å². The zero-order valence-electron chi connectivity index (χ0n) is 28.0. The van der Waals surface area contributed by atoms with Gasteiger partial charge in [0.25, 0.3) is 10.1 Å². The molecule has 11 unspecified atom stereocenters. The first-order chi connectivity index (χ1) is 21.4. The van der Waals surface area contributed by atoms with Crippen LogP contribution in [0.3, 0.4) is 0 Å². The first-order valence-electron chi connectivity index (χ1n) is 18.5. The minimum atomic E-state index is -4.31. The second kappa shape index (κ2) is 12.4. The van der Waals surface area contributed by atoms with Crippen molar-refractivity contribution in [1.29, 1.82) is 0 Å². The van der Waals surface area contributed by atoms with E-state index in [2.05, 4.69) is 19.1 Å². The lowest BCUT2D eigenvalue weighted by Gasteiger charge is -2.31. The first kappa shape index (κ1) is 31.9. The summed E-state index contributed by atoms with van der Waals surface area (Å²) in [7, 11) is -4.31. The van der Waals surface area contributed by atoms with Crippen LogP contribution in [0.4, 0.5) is 0 Å². The van der Waals surface area contributed by atoms with Crippen LogP contribution in [0, 0.1) is 71.0 Å². The van der Waals surface area contributed by atoms with Gasteiger partial charge in [0.1, 0.15) is 5.76 Å². The summed E-state index contributed by atoms with van der Waals surface area (Å²) >= 11 is 0. The Balaban J connectivity index is 1.19. The van der Waals surface area contributed by atoms with Crippen LogP contribution in [0.1, 0.15) is 118 Å². The molecule has 45 heavy (non-hydrogen) atoms. The molecule has 0 saturated heterocycles. The fourth-order valence-corrected chi connectivity index (χ4v) is 12.5. The van der Waals surface area contributed by atoms with E-state index in [-0.39, 0.29) is 35.0 Å². The van der Waals surface area contributed by atoms with E-state index in [9.17, 15) is 17.8 Å². The summed E-state index contributed by atoms with van der Waals surface area (Å²) in [6.45, 7) is 7.76. The van der Waals surface area contributed by atoms with Gasteiger partial charge in [0.05, 0.1) is 10.8 Å². The third-order valence-corrected chi connectivity index (χ3v) is 14.8. The van der Waals surface area contributed by atoms with Gasteiger partial charge in [-0.05, 0) is 154 Å². The molecule has 5 nitrogen and oxygen atoms in total. The molecule has 6 saturated carbocycles. The van der Waals surface area contributed by atoms with Crippen LogP contribution in [0.15, 0.2) is 45.6 Å². The fraction of sp³-hybridized carbons (Fsp3) is 0.769. The molecule has 0 amide bonds. The van der Waals surface area contributed by atoms with Crippen LogP contribution >= 0.6 is 0 Å². The molecule has 0 spiro atoms. The molecule has 0 radical (unpaired) electrons. The Labute approximate surface area is 272 Å². The number of allylic oxidation sites excluding steroid dienone is 7. The maximum Gasteiger partial charge on any atom is 0.317 e. The van der Waals surface area contributed by atoms with E-state index >= 15 is 0 Å². The van der Waals surface area contributed by atoms with Crippen LogP contribution in [0.25, 0.3) is 0 Å². The minimum Gasteiger partial charge on any atom is -0.430 e. The SMILES string of the molecule is CC(C)C1=C(S(=O)(=O)O)CC(C)C(OC(=O)C(C)/C(=C\C(=C/CC2CC3CCC2C3)C2CC3CCC2C3)C2CC3CCC2C3)=C1. The molecule has 7 aliphatic rings. The Kier molecular flexibility index (Phi) is 8.81. The van der Waals surface area contributed by atoms with Crippen molar-refractivity contribution in [3.8, 4) is 0 Å². The van der Waals surface area contributed by atoms with Crippen LogP contribution < -0.4 is 0 Å². The molecule has 6 heteroatoms. The molecular weight excluding hydrogens is 580 g/mol. The van der Waals surface area contributed by atoms with E-state index in [1.165, 1.54) is 94.6 Å². The van der Waals surface area contributed by atoms with Gasteiger partial charge in [-0.3, -0.25) is 9.35 Å². The van der Waals surface area contributed by atoms with E-state index in [1.54, 1.807) is 6.08 Å². The van der Waals surface area contributed by atoms with E-state index in [1.807, 2.05) is 20.8 Å². The normalized spacial score (nSPS) is 40.2. The second-order valence-corrected chi connectivity index (χ2v) is 18.3. The van der Waals surface area contributed by atoms with Crippen molar-refractivity contribution < 1.29 is 22.5 Å². The number of hydrogen-bond donors (Lipinski definition) is 1. The molecule has 0 aromatic rings. The Bertz CT molecular complexity index is 1410. The number of esters is 1. The van der Waals surface area contributed by atoms with Crippen LogP contribution in [0.5, 0.6) is 0 Å². The number of carbonyl (C=O) groups excluding carboxylic acids is 1. The molecule has 7 aliphatic carbocycles. The van der Waals surface area contributed by atoms with Gasteiger partial charge >= 0.3 is 5.97 Å². The highest BCUT2D eigenvalue weighted by molar-refractivity contribution is 7.89. The minimum absolute atomic E-state index is 0.0524. The molecule has 0 aliphatic heterocycles. The highest BCUT2D eigenvalue weighted by Gasteiger charge is 2.46. The maximum atomic E-state index is 14.1. The number of rotatable bonds is 10. The number of fused-ring (bicyclic) bond motifs is 6. The number of carbonyl (C=O) groups is 1. The lowest BCUT2D eigenvalue weighted by Crippen LogP contribution is -2.27. The standard InChI is InChI=1S/C39H56O5S/c1-22(2)33-21-37(23(3)13-38(33)45(41,42)43)44-39(40)24(4)34(36-19-27-7-10-31(36)17-27)20-32(35-18-26-6-9-30(35)16-26)12-11-29-15-25-5-8-28(29)14-25/h12,20-31,35-36H,5-11,13-19H2,1-4H3,(H,41,42,43)/b32-12+,34-20+. The Morgan fingerprint density at radius 3 is 2.00 bits per heavy atom. The van der Waals surface area contributed by atoms with Crippen molar-refractivity contribution in [3.05, 3.63) is 45.6 Å². The van der Waals surface area contributed by atoms with Gasteiger partial charge < -0.3 is 4.74 Å². The van der Waals surface area contributed by atoms with Gasteiger partial charge in [-0.1, -0.05) is 57.8 Å². The molecule has 0 heterocycles. The van der Waals surface area contributed by atoms with Gasteiger partial charge in [0.15, 0.2) is 0 Å². The Morgan fingerprint density at radius 2 is 1.49 bits per heavy atom. The van der Waals surface area contributed by atoms with Crippen molar-refractivity contribution >= 4 is 16.1 Å². The van der Waals surface area contributed by atoms with Crippen molar-refractivity contribution in [2.75, 3.05) is 0 Å². The summed E-state index contributed by atoms with van der Waals surface area (Å²) in [5.41, 5.74) is 3.38. The molecule has 11 atom stereocenters. The van der Waals surface area contributed by atoms with Crippen molar-refractivity contribution in [1.82, 2.24) is 0 Å². The summed E-state index contributed by atoms with van der Waals surface area (Å²) in [6, 6.07) is 0. The van der Waals surface area contributed by atoms with E-state index in [0.29, 0.717) is 29.1 Å². The monoisotopic (exact) mass is 636 g/mol. The van der Waals surface area contributed by atoms with E-state index in [0.717, 1.165) is 35.5 Å². The summed E-state index contributed by atoms with van der Waals surface area (Å²) < 4.78 is 40.4. The third kappa shape index (κ3) is 6.33. The molecule has 248 valence electrons. The first-order valence-corrected chi connectivity index (χ1v) is 19.9. The van der Waals surface area contributed by atoms with Gasteiger partial charge in [0.2, 0.25) is 0 Å². The summed E-state index contributed by atoms with van der Waals surface area (Å²) in [5.74, 6) is 6.49. The average Bonchev–Trinajstić information content (AvgIpc) is 3.86. The number of ether oxygens (including phenoxy) is 1. The highest BCUT2D eigenvalue weighted by atomic mass is 32.2. The van der Waals surface area contributed by atoms with Crippen molar-refractivity contribution in [2.24, 2.45) is 71.0 Å². The lowest BCUT2D eigenvalue weighted by molar-refractivity contribution is -0.143. The van der Waals surface area contributed by atoms with Gasteiger partial charge in [-0.25, -0.2) is 0 Å². The number of hydrogen-bond acceptors (Lipinski definition) is 4. The van der Waals surface area contributed by atoms with Crippen LogP contribution in [-0.2, 0) is 19.6 Å². The van der Waals surface area contributed by atoms with Gasteiger partial charge in [-0.15, -0.1) is 0 Å². The largest absolute Gasteiger partial charge is 0.430 e. The highest BCUT2D eigenvalue weighted by Crippen LogP contribution is 2.56. The Hall–Kier alpha value is -1.66. The maximum absolute atomic E-state index is 14.1. The molecule has 0 aromatic heterocycles. The van der Waals surface area contributed by atoms with Gasteiger partial charge in [0, 0.05) is 5.92 Å². The quantitative estimate of drug-likeness (QED) is 0.147. The predicted molar refractivity (Wildman–Crippen MR) is 178 cm³/mol. The van der Waals surface area contributed by atoms with Crippen LogP contribution in [-0.4, -0.2) is 18.9 Å². The third-order valence-electron chi connectivity index (χ3n) is 13.8. The smallest absolute Gasteiger partial charge is 0.317 e. The van der Waals surface area contributed by atoms with E-state index in [4.69, 9.17) is 4.74 Å². The second-order valence-electron chi connectivity index (χ2n) is 16.9. The molecule has 0 aromatic carbocycles. The zero-order valence-corrected chi connectivity index (χ0v) is 28.9.